The van der Waals surface area contributed by atoms with Crippen LogP contribution in [0.15, 0.2) is 18.3 Å². The number of rotatable bonds is 6. The Morgan fingerprint density at radius 3 is 2.57 bits per heavy atom. The van der Waals surface area contributed by atoms with Crippen LogP contribution in [-0.2, 0) is 6.42 Å². The Morgan fingerprint density at radius 2 is 1.95 bits per heavy atom. The summed E-state index contributed by atoms with van der Waals surface area (Å²) in [6.07, 6.45) is 3.52. The molecule has 2 aromatic rings. The van der Waals surface area contributed by atoms with E-state index in [1.807, 2.05) is 32.9 Å². The van der Waals surface area contributed by atoms with Gasteiger partial charge in [0.05, 0.1) is 11.8 Å². The lowest BCUT2D eigenvalue weighted by Gasteiger charge is -2.13. The van der Waals surface area contributed by atoms with Crippen LogP contribution >= 0.6 is 0 Å². The van der Waals surface area contributed by atoms with Crippen molar-refractivity contribution in [2.24, 2.45) is 0 Å². The highest BCUT2D eigenvalue weighted by atomic mass is 16.5. The first kappa shape index (κ1) is 15.2. The number of hydrogen-bond acceptors (Lipinski definition) is 5. The first-order chi connectivity index (χ1) is 10.1. The number of aryl methyl sites for hydroxylation is 2. The van der Waals surface area contributed by atoms with E-state index >= 15 is 0 Å². The molecule has 0 fully saturated rings. The molecule has 0 aliphatic heterocycles. The molecule has 21 heavy (non-hydrogen) atoms. The molecule has 0 aliphatic carbocycles. The van der Waals surface area contributed by atoms with Crippen LogP contribution in [0, 0.1) is 13.8 Å². The van der Waals surface area contributed by atoms with E-state index in [2.05, 4.69) is 27.2 Å². The molecular weight excluding hydrogens is 264 g/mol. The minimum absolute atomic E-state index is 0.589. The molecule has 2 heterocycles. The van der Waals surface area contributed by atoms with Crippen molar-refractivity contribution >= 4 is 5.82 Å². The third kappa shape index (κ3) is 3.90. The summed E-state index contributed by atoms with van der Waals surface area (Å²) in [4.78, 5) is 13.2. The van der Waals surface area contributed by atoms with Gasteiger partial charge in [0.15, 0.2) is 0 Å². The monoisotopic (exact) mass is 286 g/mol. The van der Waals surface area contributed by atoms with Gasteiger partial charge in [-0.15, -0.1) is 0 Å². The Labute approximate surface area is 125 Å². The fourth-order valence-corrected chi connectivity index (χ4v) is 1.84. The summed E-state index contributed by atoms with van der Waals surface area (Å²) in [5, 5.41) is 3.33. The minimum Gasteiger partial charge on any atom is -0.437 e. The molecule has 0 aromatic carbocycles. The zero-order valence-corrected chi connectivity index (χ0v) is 13.1. The smallest absolute Gasteiger partial charge is 0.227 e. The molecule has 5 nitrogen and oxygen atoms in total. The molecule has 0 aliphatic rings. The topological polar surface area (TPSA) is 59.9 Å². The van der Waals surface area contributed by atoms with Crippen LogP contribution in [0.25, 0.3) is 0 Å². The van der Waals surface area contributed by atoms with Gasteiger partial charge in [0.1, 0.15) is 17.4 Å². The van der Waals surface area contributed by atoms with Crippen LogP contribution in [0.3, 0.4) is 0 Å². The normalized spacial score (nSPS) is 10.5. The Kier molecular flexibility index (Phi) is 5.09. The van der Waals surface area contributed by atoms with Crippen molar-refractivity contribution in [3.05, 3.63) is 35.4 Å². The lowest BCUT2D eigenvalue weighted by atomic mass is 10.3. The molecule has 0 spiro atoms. The van der Waals surface area contributed by atoms with Crippen LogP contribution < -0.4 is 10.1 Å². The van der Waals surface area contributed by atoms with Gasteiger partial charge < -0.3 is 10.1 Å². The summed E-state index contributed by atoms with van der Waals surface area (Å²) >= 11 is 0. The first-order valence-electron chi connectivity index (χ1n) is 7.36. The Balaban J connectivity index is 2.30. The zero-order valence-electron chi connectivity index (χ0n) is 13.1. The highest BCUT2D eigenvalue weighted by Gasteiger charge is 2.12. The average Bonchev–Trinajstić information content (AvgIpc) is 2.50. The Hall–Kier alpha value is -2.17. The van der Waals surface area contributed by atoms with Crippen LogP contribution in [0.5, 0.6) is 11.6 Å². The van der Waals surface area contributed by atoms with Crippen molar-refractivity contribution in [3.8, 4) is 11.6 Å². The van der Waals surface area contributed by atoms with Gasteiger partial charge in [-0.3, -0.25) is 4.98 Å². The molecule has 0 atom stereocenters. The highest BCUT2D eigenvalue weighted by Crippen LogP contribution is 2.27. The molecular formula is C16H22N4O. The van der Waals surface area contributed by atoms with Gasteiger partial charge in [-0.25, -0.2) is 4.98 Å². The van der Waals surface area contributed by atoms with E-state index in [0.29, 0.717) is 11.6 Å². The maximum atomic E-state index is 5.87. The van der Waals surface area contributed by atoms with E-state index in [1.165, 1.54) is 0 Å². The Bertz CT molecular complexity index is 596. The summed E-state index contributed by atoms with van der Waals surface area (Å²) in [5.74, 6) is 2.89. The number of pyridine rings is 1. The molecule has 1 N–H and O–H groups in total. The molecule has 0 radical (unpaired) electrons. The van der Waals surface area contributed by atoms with Crippen molar-refractivity contribution in [1.82, 2.24) is 15.0 Å². The minimum atomic E-state index is 0.589. The van der Waals surface area contributed by atoms with Gasteiger partial charge in [0, 0.05) is 18.7 Å². The maximum Gasteiger partial charge on any atom is 0.227 e. The molecule has 2 aromatic heterocycles. The number of hydrogen-bond donors (Lipinski definition) is 1. The maximum absolute atomic E-state index is 5.87. The number of ether oxygens (including phenoxy) is 1. The predicted molar refractivity (Wildman–Crippen MR) is 84.0 cm³/mol. The van der Waals surface area contributed by atoms with Gasteiger partial charge in [0.2, 0.25) is 5.88 Å². The van der Waals surface area contributed by atoms with Crippen LogP contribution in [0.1, 0.15) is 37.4 Å². The number of anilines is 1. The third-order valence-corrected chi connectivity index (χ3v) is 3.10. The van der Waals surface area contributed by atoms with Gasteiger partial charge >= 0.3 is 0 Å². The van der Waals surface area contributed by atoms with E-state index in [4.69, 9.17) is 4.74 Å². The van der Waals surface area contributed by atoms with Gasteiger partial charge in [0.25, 0.3) is 0 Å². The van der Waals surface area contributed by atoms with Crippen molar-refractivity contribution < 1.29 is 4.74 Å². The number of aromatic nitrogens is 3. The van der Waals surface area contributed by atoms with E-state index in [9.17, 15) is 0 Å². The standard InChI is InChI=1S/C16H22N4O/c1-5-9-17-15-12(4)16(20-14(6-2)19-15)21-13-8-7-11(3)18-10-13/h7-8,10H,5-6,9H2,1-4H3,(H,17,19,20). The lowest BCUT2D eigenvalue weighted by Crippen LogP contribution is -2.08. The predicted octanol–water partition coefficient (Wildman–Crippen LogP) is 3.67. The van der Waals surface area contributed by atoms with Gasteiger partial charge in [-0.1, -0.05) is 13.8 Å². The van der Waals surface area contributed by atoms with Crippen molar-refractivity contribution in [2.45, 2.75) is 40.5 Å². The zero-order chi connectivity index (χ0) is 15.2. The molecule has 0 bridgehead atoms. The van der Waals surface area contributed by atoms with Crippen molar-refractivity contribution in [2.75, 3.05) is 11.9 Å². The van der Waals surface area contributed by atoms with E-state index < -0.39 is 0 Å². The molecule has 112 valence electrons. The summed E-state index contributed by atoms with van der Waals surface area (Å²) in [6.45, 7) is 8.95. The molecule has 0 amide bonds. The van der Waals surface area contributed by atoms with E-state index in [1.54, 1.807) is 6.20 Å². The molecule has 2 rings (SSSR count). The largest absolute Gasteiger partial charge is 0.437 e. The first-order valence-corrected chi connectivity index (χ1v) is 7.36. The number of nitrogens with one attached hydrogen (secondary N) is 1. The van der Waals surface area contributed by atoms with Crippen molar-refractivity contribution in [1.29, 1.82) is 0 Å². The van der Waals surface area contributed by atoms with E-state index in [0.717, 1.165) is 42.3 Å². The number of nitrogens with zero attached hydrogens (tertiary/aromatic N) is 3. The SMILES string of the molecule is CCCNc1nc(CC)nc(Oc2ccc(C)nc2)c1C. The lowest BCUT2D eigenvalue weighted by molar-refractivity contribution is 0.452. The summed E-state index contributed by atoms with van der Waals surface area (Å²) < 4.78 is 5.87. The summed E-state index contributed by atoms with van der Waals surface area (Å²) in [5.41, 5.74) is 1.88. The van der Waals surface area contributed by atoms with Crippen LogP contribution in [0.4, 0.5) is 5.82 Å². The Morgan fingerprint density at radius 1 is 1.14 bits per heavy atom. The molecule has 0 saturated carbocycles. The van der Waals surface area contributed by atoms with E-state index in [-0.39, 0.29) is 0 Å². The highest BCUT2D eigenvalue weighted by molar-refractivity contribution is 5.49. The molecule has 0 unspecified atom stereocenters. The fourth-order valence-electron chi connectivity index (χ4n) is 1.84. The van der Waals surface area contributed by atoms with Gasteiger partial charge in [-0.05, 0) is 32.4 Å². The van der Waals surface area contributed by atoms with Crippen molar-refractivity contribution in [3.63, 3.8) is 0 Å². The second-order valence-electron chi connectivity index (χ2n) is 4.94. The summed E-state index contributed by atoms with van der Waals surface area (Å²) in [6, 6.07) is 3.82. The quantitative estimate of drug-likeness (QED) is 0.878. The van der Waals surface area contributed by atoms with Crippen LogP contribution in [0.2, 0.25) is 0 Å². The molecule has 5 heteroatoms. The summed E-state index contributed by atoms with van der Waals surface area (Å²) in [7, 11) is 0. The third-order valence-electron chi connectivity index (χ3n) is 3.10. The molecule has 0 saturated heterocycles. The second-order valence-corrected chi connectivity index (χ2v) is 4.94. The van der Waals surface area contributed by atoms with Crippen LogP contribution in [-0.4, -0.2) is 21.5 Å². The fraction of sp³-hybridized carbons (Fsp3) is 0.438. The van der Waals surface area contributed by atoms with Gasteiger partial charge in [-0.2, -0.15) is 4.98 Å². The average molecular weight is 286 g/mol. The second kappa shape index (κ2) is 7.02.